The first kappa shape index (κ1) is 18.0. The van der Waals surface area contributed by atoms with Gasteiger partial charge in [-0.2, -0.15) is 0 Å². The molecule has 0 rings (SSSR count). The molecule has 0 aromatic carbocycles. The number of unbranched alkanes of at least 4 members (excludes halogenated alkanes) is 5. The van der Waals surface area contributed by atoms with Gasteiger partial charge in [0.05, 0.1) is 6.10 Å². The van der Waals surface area contributed by atoms with Crippen molar-refractivity contribution in [3.8, 4) is 0 Å². The van der Waals surface area contributed by atoms with Gasteiger partial charge in [0.15, 0.2) is 0 Å². The Labute approximate surface area is 116 Å². The van der Waals surface area contributed by atoms with Crippen LogP contribution in [-0.4, -0.2) is 13.2 Å². The molecule has 0 amide bonds. The summed E-state index contributed by atoms with van der Waals surface area (Å²) in [6, 6.07) is 0. The van der Waals surface area contributed by atoms with E-state index < -0.39 is 0 Å². The fourth-order valence-electron chi connectivity index (χ4n) is 3.22. The van der Waals surface area contributed by atoms with Gasteiger partial charge in [0.2, 0.25) is 0 Å². The van der Waals surface area contributed by atoms with Crippen LogP contribution >= 0.6 is 0 Å². The molecule has 110 valence electrons. The lowest BCUT2D eigenvalue weighted by Gasteiger charge is -2.38. The maximum absolute atomic E-state index is 5.82. The predicted octanol–water partition coefficient (Wildman–Crippen LogP) is 5.97. The molecular formula is C17H36O. The van der Waals surface area contributed by atoms with Crippen molar-refractivity contribution in [2.24, 2.45) is 5.41 Å². The van der Waals surface area contributed by atoms with E-state index in [0.717, 1.165) is 0 Å². The maximum atomic E-state index is 5.82. The fourth-order valence-corrected chi connectivity index (χ4v) is 3.22. The Morgan fingerprint density at radius 1 is 0.778 bits per heavy atom. The fraction of sp³-hybridized carbons (Fsp3) is 1.00. The molecule has 0 aliphatic carbocycles. The van der Waals surface area contributed by atoms with Crippen molar-refractivity contribution in [2.45, 2.75) is 98.0 Å². The van der Waals surface area contributed by atoms with Crippen LogP contribution in [0.5, 0.6) is 0 Å². The first-order valence-electron chi connectivity index (χ1n) is 8.23. The smallest absolute Gasteiger partial charge is 0.0627 e. The summed E-state index contributed by atoms with van der Waals surface area (Å²) in [5, 5.41) is 0. The summed E-state index contributed by atoms with van der Waals surface area (Å²) in [7, 11) is 1.90. The molecule has 0 aliphatic heterocycles. The highest BCUT2D eigenvalue weighted by Gasteiger charge is 2.33. The molecule has 0 fully saturated rings. The Bertz CT molecular complexity index is 164. The topological polar surface area (TPSA) is 9.23 Å². The minimum Gasteiger partial charge on any atom is -0.381 e. The van der Waals surface area contributed by atoms with Gasteiger partial charge >= 0.3 is 0 Å². The summed E-state index contributed by atoms with van der Waals surface area (Å²) in [6.07, 6.45) is 13.7. The Kier molecular flexibility index (Phi) is 10.8. The third kappa shape index (κ3) is 5.73. The van der Waals surface area contributed by atoms with Crippen LogP contribution in [0.2, 0.25) is 0 Å². The molecule has 0 bridgehead atoms. The van der Waals surface area contributed by atoms with Crippen LogP contribution in [0.25, 0.3) is 0 Å². The summed E-state index contributed by atoms with van der Waals surface area (Å²) in [6.45, 7) is 9.24. The second-order valence-corrected chi connectivity index (χ2v) is 5.70. The van der Waals surface area contributed by atoms with Gasteiger partial charge in [-0.05, 0) is 31.1 Å². The van der Waals surface area contributed by atoms with Gasteiger partial charge in [0.1, 0.15) is 0 Å². The van der Waals surface area contributed by atoms with E-state index in [4.69, 9.17) is 4.74 Å². The zero-order valence-corrected chi connectivity index (χ0v) is 13.6. The van der Waals surface area contributed by atoms with Gasteiger partial charge in [0, 0.05) is 7.11 Å². The molecule has 0 saturated heterocycles. The Hall–Kier alpha value is -0.0400. The number of rotatable bonds is 12. The van der Waals surface area contributed by atoms with E-state index in [1.807, 2.05) is 7.11 Å². The summed E-state index contributed by atoms with van der Waals surface area (Å²) < 4.78 is 5.82. The third-order valence-corrected chi connectivity index (χ3v) is 4.90. The summed E-state index contributed by atoms with van der Waals surface area (Å²) in [4.78, 5) is 0. The molecule has 1 heteroatoms. The van der Waals surface area contributed by atoms with Crippen molar-refractivity contribution in [1.82, 2.24) is 0 Å². The van der Waals surface area contributed by atoms with E-state index in [1.165, 1.54) is 64.2 Å². The monoisotopic (exact) mass is 256 g/mol. The van der Waals surface area contributed by atoms with Crippen molar-refractivity contribution in [3.63, 3.8) is 0 Å². The molecule has 1 unspecified atom stereocenters. The van der Waals surface area contributed by atoms with Gasteiger partial charge in [-0.25, -0.2) is 0 Å². The molecule has 1 atom stereocenters. The SMILES string of the molecule is CCCCCCCCC(OC)C(CC)(CC)CC. The maximum Gasteiger partial charge on any atom is 0.0627 e. The highest BCUT2D eigenvalue weighted by atomic mass is 16.5. The first-order chi connectivity index (χ1) is 8.70. The van der Waals surface area contributed by atoms with Crippen molar-refractivity contribution in [2.75, 3.05) is 7.11 Å². The van der Waals surface area contributed by atoms with Gasteiger partial charge in [-0.1, -0.05) is 66.2 Å². The standard InChI is InChI=1S/C17H36O/c1-6-10-11-12-13-14-15-16(18-5)17(7-2,8-3)9-4/h16H,6-15H2,1-5H3. The van der Waals surface area contributed by atoms with E-state index in [9.17, 15) is 0 Å². The molecule has 18 heavy (non-hydrogen) atoms. The molecule has 0 aromatic rings. The zero-order valence-electron chi connectivity index (χ0n) is 13.6. The highest BCUT2D eigenvalue weighted by molar-refractivity contribution is 4.84. The molecule has 0 heterocycles. The molecule has 0 radical (unpaired) electrons. The Morgan fingerprint density at radius 2 is 1.28 bits per heavy atom. The van der Waals surface area contributed by atoms with Crippen molar-refractivity contribution in [1.29, 1.82) is 0 Å². The van der Waals surface area contributed by atoms with E-state index >= 15 is 0 Å². The second-order valence-electron chi connectivity index (χ2n) is 5.70. The lowest BCUT2D eigenvalue weighted by molar-refractivity contribution is -0.0279. The molecular weight excluding hydrogens is 220 g/mol. The largest absolute Gasteiger partial charge is 0.381 e. The molecule has 0 saturated carbocycles. The average molecular weight is 256 g/mol. The van der Waals surface area contributed by atoms with Gasteiger partial charge in [-0.15, -0.1) is 0 Å². The van der Waals surface area contributed by atoms with Crippen LogP contribution in [0.4, 0.5) is 0 Å². The number of methoxy groups -OCH3 is 1. The molecule has 1 nitrogen and oxygen atoms in total. The average Bonchev–Trinajstić information content (AvgIpc) is 2.42. The minimum absolute atomic E-state index is 0.415. The number of hydrogen-bond donors (Lipinski definition) is 0. The van der Waals surface area contributed by atoms with Gasteiger partial charge < -0.3 is 4.74 Å². The normalized spacial score (nSPS) is 13.8. The zero-order chi connectivity index (χ0) is 13.9. The van der Waals surface area contributed by atoms with E-state index in [-0.39, 0.29) is 0 Å². The lowest BCUT2D eigenvalue weighted by Crippen LogP contribution is -2.35. The number of hydrogen-bond acceptors (Lipinski definition) is 1. The molecule has 0 spiro atoms. The summed E-state index contributed by atoms with van der Waals surface area (Å²) in [5.74, 6) is 0. The van der Waals surface area contributed by atoms with Crippen LogP contribution in [-0.2, 0) is 4.74 Å². The Morgan fingerprint density at radius 3 is 1.72 bits per heavy atom. The van der Waals surface area contributed by atoms with Gasteiger partial charge in [0.25, 0.3) is 0 Å². The molecule has 0 aromatic heterocycles. The Balaban J connectivity index is 4.01. The molecule has 0 N–H and O–H groups in total. The highest BCUT2D eigenvalue weighted by Crippen LogP contribution is 2.38. The van der Waals surface area contributed by atoms with Crippen molar-refractivity contribution >= 4 is 0 Å². The van der Waals surface area contributed by atoms with Crippen LogP contribution in [0.15, 0.2) is 0 Å². The van der Waals surface area contributed by atoms with E-state index in [0.29, 0.717) is 11.5 Å². The second kappa shape index (κ2) is 10.8. The van der Waals surface area contributed by atoms with Crippen LogP contribution in [0.1, 0.15) is 91.9 Å². The van der Waals surface area contributed by atoms with Crippen molar-refractivity contribution < 1.29 is 4.74 Å². The predicted molar refractivity (Wildman–Crippen MR) is 82.1 cm³/mol. The lowest BCUT2D eigenvalue weighted by atomic mass is 9.73. The summed E-state index contributed by atoms with van der Waals surface area (Å²) >= 11 is 0. The third-order valence-electron chi connectivity index (χ3n) is 4.90. The minimum atomic E-state index is 0.415. The number of ether oxygens (including phenoxy) is 1. The van der Waals surface area contributed by atoms with E-state index in [2.05, 4.69) is 27.7 Å². The molecule has 0 aliphatic rings. The quantitative estimate of drug-likeness (QED) is 0.391. The van der Waals surface area contributed by atoms with E-state index in [1.54, 1.807) is 0 Å². The van der Waals surface area contributed by atoms with Crippen LogP contribution in [0, 0.1) is 5.41 Å². The van der Waals surface area contributed by atoms with Crippen LogP contribution < -0.4 is 0 Å². The van der Waals surface area contributed by atoms with Gasteiger partial charge in [-0.3, -0.25) is 0 Å². The van der Waals surface area contributed by atoms with Crippen LogP contribution in [0.3, 0.4) is 0 Å². The first-order valence-corrected chi connectivity index (χ1v) is 8.23. The summed E-state index contributed by atoms with van der Waals surface area (Å²) in [5.41, 5.74) is 0.415. The van der Waals surface area contributed by atoms with Crippen molar-refractivity contribution in [3.05, 3.63) is 0 Å².